The van der Waals surface area contributed by atoms with E-state index in [9.17, 15) is 0 Å². The van der Waals surface area contributed by atoms with Crippen molar-refractivity contribution < 1.29 is 0 Å². The van der Waals surface area contributed by atoms with E-state index < -0.39 is 0 Å². The van der Waals surface area contributed by atoms with E-state index in [0.29, 0.717) is 6.04 Å². The van der Waals surface area contributed by atoms with E-state index in [0.717, 1.165) is 12.3 Å². The summed E-state index contributed by atoms with van der Waals surface area (Å²) in [5.74, 6) is 0.922. The third-order valence-corrected chi connectivity index (χ3v) is 3.48. The zero-order chi connectivity index (χ0) is 10.7. The Morgan fingerprint density at radius 1 is 1.27 bits per heavy atom. The Morgan fingerprint density at radius 3 is 2.47 bits per heavy atom. The van der Waals surface area contributed by atoms with Gasteiger partial charge in [0, 0.05) is 6.04 Å². The maximum absolute atomic E-state index is 6.15. The summed E-state index contributed by atoms with van der Waals surface area (Å²) in [6.07, 6.45) is 6.48. The molecule has 1 heteroatoms. The first-order valence-corrected chi connectivity index (χ1v) is 6.05. The van der Waals surface area contributed by atoms with Crippen LogP contribution in [-0.2, 0) is 6.42 Å². The lowest BCUT2D eigenvalue weighted by atomic mass is 9.80. The highest BCUT2D eigenvalue weighted by atomic mass is 14.6. The molecule has 1 aliphatic carbocycles. The molecule has 1 atom stereocenters. The molecule has 0 radical (unpaired) electrons. The molecule has 1 aromatic carbocycles. The molecule has 1 saturated carbocycles. The van der Waals surface area contributed by atoms with E-state index in [1.165, 1.54) is 36.8 Å². The van der Waals surface area contributed by atoms with Crippen molar-refractivity contribution in [2.75, 3.05) is 0 Å². The van der Waals surface area contributed by atoms with Crippen molar-refractivity contribution >= 4 is 0 Å². The van der Waals surface area contributed by atoms with Crippen LogP contribution in [0.25, 0.3) is 0 Å². The SMILES string of the molecule is Cc1ccc(CC(N)CC2CCC2)cc1. The van der Waals surface area contributed by atoms with Gasteiger partial charge < -0.3 is 5.73 Å². The number of benzene rings is 1. The van der Waals surface area contributed by atoms with Crippen LogP contribution in [0.3, 0.4) is 0 Å². The fraction of sp³-hybridized carbons (Fsp3) is 0.571. The molecule has 0 heterocycles. The lowest BCUT2D eigenvalue weighted by molar-refractivity contribution is 0.275. The predicted molar refractivity (Wildman–Crippen MR) is 64.8 cm³/mol. The third kappa shape index (κ3) is 3.07. The Kier molecular flexibility index (Phi) is 3.42. The van der Waals surface area contributed by atoms with Gasteiger partial charge in [-0.25, -0.2) is 0 Å². The summed E-state index contributed by atoms with van der Waals surface area (Å²) in [7, 11) is 0. The van der Waals surface area contributed by atoms with Crippen molar-refractivity contribution in [3.63, 3.8) is 0 Å². The second-order valence-corrected chi connectivity index (χ2v) is 4.98. The molecule has 1 fully saturated rings. The normalized spacial score (nSPS) is 18.5. The molecule has 1 nitrogen and oxygen atoms in total. The topological polar surface area (TPSA) is 26.0 Å². The van der Waals surface area contributed by atoms with E-state index in [1.807, 2.05) is 0 Å². The van der Waals surface area contributed by atoms with Gasteiger partial charge in [0.15, 0.2) is 0 Å². The summed E-state index contributed by atoms with van der Waals surface area (Å²) < 4.78 is 0. The molecule has 15 heavy (non-hydrogen) atoms. The van der Waals surface area contributed by atoms with Crippen LogP contribution in [0.15, 0.2) is 24.3 Å². The van der Waals surface area contributed by atoms with Crippen molar-refractivity contribution in [2.45, 2.75) is 45.1 Å². The Bertz CT molecular complexity index is 298. The summed E-state index contributed by atoms with van der Waals surface area (Å²) in [6.45, 7) is 2.12. The van der Waals surface area contributed by atoms with Crippen molar-refractivity contribution in [3.8, 4) is 0 Å². The molecule has 0 amide bonds. The molecule has 2 rings (SSSR count). The third-order valence-electron chi connectivity index (χ3n) is 3.48. The fourth-order valence-corrected chi connectivity index (χ4v) is 2.27. The zero-order valence-electron chi connectivity index (χ0n) is 9.58. The molecule has 1 aromatic rings. The summed E-state index contributed by atoms with van der Waals surface area (Å²) in [5.41, 5.74) is 8.86. The molecule has 0 bridgehead atoms. The van der Waals surface area contributed by atoms with Gasteiger partial charge in [-0.3, -0.25) is 0 Å². The van der Waals surface area contributed by atoms with Gasteiger partial charge >= 0.3 is 0 Å². The first kappa shape index (κ1) is 10.7. The van der Waals surface area contributed by atoms with E-state index in [4.69, 9.17) is 5.73 Å². The lowest BCUT2D eigenvalue weighted by Gasteiger charge is -2.28. The highest BCUT2D eigenvalue weighted by Crippen LogP contribution is 2.30. The van der Waals surface area contributed by atoms with Gasteiger partial charge in [0.2, 0.25) is 0 Å². The molecular formula is C14H21N. The van der Waals surface area contributed by atoms with Crippen molar-refractivity contribution in [3.05, 3.63) is 35.4 Å². The van der Waals surface area contributed by atoms with Crippen LogP contribution < -0.4 is 5.73 Å². The van der Waals surface area contributed by atoms with Crippen molar-refractivity contribution in [2.24, 2.45) is 11.7 Å². The molecule has 0 aliphatic heterocycles. The van der Waals surface area contributed by atoms with Gasteiger partial charge in [-0.2, -0.15) is 0 Å². The molecule has 2 N–H and O–H groups in total. The quantitative estimate of drug-likeness (QED) is 0.799. The summed E-state index contributed by atoms with van der Waals surface area (Å²) in [5, 5.41) is 0. The molecule has 0 spiro atoms. The summed E-state index contributed by atoms with van der Waals surface area (Å²) in [6, 6.07) is 9.11. The Balaban J connectivity index is 1.82. The maximum atomic E-state index is 6.15. The van der Waals surface area contributed by atoms with Gasteiger partial charge in [0.25, 0.3) is 0 Å². The summed E-state index contributed by atoms with van der Waals surface area (Å²) >= 11 is 0. The smallest absolute Gasteiger partial charge is 0.00819 e. The Labute approximate surface area is 92.7 Å². The highest BCUT2D eigenvalue weighted by molar-refractivity contribution is 5.22. The largest absolute Gasteiger partial charge is 0.327 e. The summed E-state index contributed by atoms with van der Waals surface area (Å²) in [4.78, 5) is 0. The van der Waals surface area contributed by atoms with Gasteiger partial charge in [-0.15, -0.1) is 0 Å². The first-order valence-electron chi connectivity index (χ1n) is 6.05. The number of nitrogens with two attached hydrogens (primary N) is 1. The minimum Gasteiger partial charge on any atom is -0.327 e. The van der Waals surface area contributed by atoms with E-state index in [1.54, 1.807) is 0 Å². The van der Waals surface area contributed by atoms with Gasteiger partial charge in [0.1, 0.15) is 0 Å². The number of rotatable bonds is 4. The Hall–Kier alpha value is -0.820. The maximum Gasteiger partial charge on any atom is 0.00819 e. The standard InChI is InChI=1S/C14H21N/c1-11-5-7-13(8-6-11)10-14(15)9-12-3-2-4-12/h5-8,12,14H,2-4,9-10,15H2,1H3. The predicted octanol–water partition coefficient (Wildman–Crippen LogP) is 3.06. The first-order chi connectivity index (χ1) is 7.24. The molecular weight excluding hydrogens is 182 g/mol. The molecule has 0 saturated heterocycles. The number of hydrogen-bond acceptors (Lipinski definition) is 1. The molecule has 1 aliphatic rings. The van der Waals surface area contributed by atoms with Crippen LogP contribution in [-0.4, -0.2) is 6.04 Å². The second kappa shape index (κ2) is 4.80. The fourth-order valence-electron chi connectivity index (χ4n) is 2.27. The van der Waals surface area contributed by atoms with Crippen LogP contribution >= 0.6 is 0 Å². The zero-order valence-corrected chi connectivity index (χ0v) is 9.58. The van der Waals surface area contributed by atoms with Gasteiger partial charge in [0.05, 0.1) is 0 Å². The molecule has 82 valence electrons. The number of aryl methyl sites for hydroxylation is 1. The van der Waals surface area contributed by atoms with Gasteiger partial charge in [-0.1, -0.05) is 49.1 Å². The molecule has 1 unspecified atom stereocenters. The van der Waals surface area contributed by atoms with Crippen LogP contribution in [0.5, 0.6) is 0 Å². The minimum atomic E-state index is 0.359. The minimum absolute atomic E-state index is 0.359. The second-order valence-electron chi connectivity index (χ2n) is 4.98. The van der Waals surface area contributed by atoms with Crippen LogP contribution in [0, 0.1) is 12.8 Å². The van der Waals surface area contributed by atoms with Crippen molar-refractivity contribution in [1.82, 2.24) is 0 Å². The molecule has 0 aromatic heterocycles. The van der Waals surface area contributed by atoms with E-state index in [2.05, 4.69) is 31.2 Å². The van der Waals surface area contributed by atoms with Crippen molar-refractivity contribution in [1.29, 1.82) is 0 Å². The van der Waals surface area contributed by atoms with E-state index in [-0.39, 0.29) is 0 Å². The Morgan fingerprint density at radius 2 is 1.93 bits per heavy atom. The lowest BCUT2D eigenvalue weighted by Crippen LogP contribution is -2.28. The van der Waals surface area contributed by atoms with Gasteiger partial charge in [-0.05, 0) is 31.2 Å². The van der Waals surface area contributed by atoms with E-state index >= 15 is 0 Å². The number of hydrogen-bond donors (Lipinski definition) is 1. The average Bonchev–Trinajstić information content (AvgIpc) is 2.16. The average molecular weight is 203 g/mol. The monoisotopic (exact) mass is 203 g/mol. The van der Waals surface area contributed by atoms with Crippen LogP contribution in [0.2, 0.25) is 0 Å². The highest BCUT2D eigenvalue weighted by Gasteiger charge is 2.20. The van der Waals surface area contributed by atoms with Crippen LogP contribution in [0.1, 0.15) is 36.8 Å². The van der Waals surface area contributed by atoms with Crippen LogP contribution in [0.4, 0.5) is 0 Å².